The van der Waals surface area contributed by atoms with Crippen molar-refractivity contribution in [2.24, 2.45) is 0 Å². The van der Waals surface area contributed by atoms with E-state index in [4.69, 9.17) is 4.74 Å². The van der Waals surface area contributed by atoms with Crippen LogP contribution in [0.3, 0.4) is 0 Å². The molecule has 1 heterocycles. The SMILES string of the molecule is c1ccc2c(c1)C[Se]Cc1ccccc1O2. The Morgan fingerprint density at radius 2 is 1.25 bits per heavy atom. The van der Waals surface area contributed by atoms with Crippen molar-refractivity contribution in [2.75, 3.05) is 0 Å². The number of ether oxygens (including phenoxy) is 1. The molecule has 0 atom stereocenters. The molecule has 1 aliphatic rings. The quantitative estimate of drug-likeness (QED) is 0.671. The summed E-state index contributed by atoms with van der Waals surface area (Å²) in [6.07, 6.45) is 0. The molecular formula is C14H12OSe. The van der Waals surface area contributed by atoms with Gasteiger partial charge < -0.3 is 0 Å². The molecule has 1 aliphatic heterocycles. The summed E-state index contributed by atoms with van der Waals surface area (Å²) in [6.45, 7) is 0. The average Bonchev–Trinajstić information content (AvgIpc) is 2.29. The fraction of sp³-hybridized carbons (Fsp3) is 0.143. The van der Waals surface area contributed by atoms with E-state index < -0.39 is 0 Å². The van der Waals surface area contributed by atoms with Gasteiger partial charge in [0.15, 0.2) is 0 Å². The summed E-state index contributed by atoms with van der Waals surface area (Å²) in [5.41, 5.74) is 2.69. The van der Waals surface area contributed by atoms with Crippen LogP contribution < -0.4 is 4.74 Å². The van der Waals surface area contributed by atoms with Crippen LogP contribution in [0, 0.1) is 0 Å². The first-order valence-corrected chi connectivity index (χ1v) is 7.77. The molecule has 2 aromatic carbocycles. The van der Waals surface area contributed by atoms with E-state index in [0.29, 0.717) is 15.0 Å². The molecular weight excluding hydrogens is 263 g/mol. The van der Waals surface area contributed by atoms with Crippen LogP contribution in [0.5, 0.6) is 11.5 Å². The van der Waals surface area contributed by atoms with E-state index in [1.165, 1.54) is 11.1 Å². The van der Waals surface area contributed by atoms with Gasteiger partial charge in [0.2, 0.25) is 0 Å². The second kappa shape index (κ2) is 4.32. The van der Waals surface area contributed by atoms with Gasteiger partial charge in [-0.05, 0) is 0 Å². The number of fused-ring (bicyclic) bond motifs is 2. The number of para-hydroxylation sites is 2. The predicted octanol–water partition coefficient (Wildman–Crippen LogP) is 3.20. The molecule has 0 radical (unpaired) electrons. The van der Waals surface area contributed by atoms with Crippen molar-refractivity contribution >= 4 is 15.0 Å². The van der Waals surface area contributed by atoms with Crippen molar-refractivity contribution < 1.29 is 4.74 Å². The van der Waals surface area contributed by atoms with Gasteiger partial charge in [-0.25, -0.2) is 0 Å². The summed E-state index contributed by atoms with van der Waals surface area (Å²) in [5, 5.41) is 2.33. The molecule has 0 fully saturated rings. The van der Waals surface area contributed by atoms with E-state index in [9.17, 15) is 0 Å². The molecule has 0 N–H and O–H groups in total. The summed E-state index contributed by atoms with van der Waals surface area (Å²) >= 11 is 0.635. The third-order valence-corrected chi connectivity index (χ3v) is 4.84. The standard InChI is InChI=1S/C14H12OSe/c1-3-7-13-11(5-1)9-16-10-12-6-2-4-8-14(12)15-13/h1-8H,9-10H2. The molecule has 2 heteroatoms. The van der Waals surface area contributed by atoms with Gasteiger partial charge in [0.25, 0.3) is 0 Å². The minimum absolute atomic E-state index is 0.635. The van der Waals surface area contributed by atoms with Crippen LogP contribution in [0.2, 0.25) is 0 Å². The van der Waals surface area contributed by atoms with Crippen LogP contribution in [0.4, 0.5) is 0 Å². The Bertz CT molecular complexity index is 462. The molecule has 0 aliphatic carbocycles. The van der Waals surface area contributed by atoms with Crippen molar-refractivity contribution in [3.8, 4) is 11.5 Å². The van der Waals surface area contributed by atoms with Crippen LogP contribution in [0.1, 0.15) is 11.1 Å². The summed E-state index contributed by atoms with van der Waals surface area (Å²) in [5.74, 6) is 2.05. The third kappa shape index (κ3) is 1.86. The first-order chi connectivity index (χ1) is 7.93. The molecule has 16 heavy (non-hydrogen) atoms. The van der Waals surface area contributed by atoms with Crippen LogP contribution in [-0.4, -0.2) is 15.0 Å². The molecule has 0 bridgehead atoms. The topological polar surface area (TPSA) is 9.23 Å². The van der Waals surface area contributed by atoms with Crippen molar-refractivity contribution in [1.29, 1.82) is 0 Å². The molecule has 0 saturated carbocycles. The maximum absolute atomic E-state index is 5.99. The molecule has 2 aromatic rings. The van der Waals surface area contributed by atoms with Gasteiger partial charge in [-0.1, -0.05) is 0 Å². The molecule has 3 rings (SSSR count). The van der Waals surface area contributed by atoms with E-state index in [-0.39, 0.29) is 0 Å². The second-order valence-corrected chi connectivity index (χ2v) is 5.88. The second-order valence-electron chi connectivity index (χ2n) is 3.81. The molecule has 1 nitrogen and oxygen atoms in total. The van der Waals surface area contributed by atoms with Crippen molar-refractivity contribution in [3.05, 3.63) is 59.7 Å². The fourth-order valence-electron chi connectivity index (χ4n) is 1.83. The predicted molar refractivity (Wildman–Crippen MR) is 66.1 cm³/mol. The third-order valence-electron chi connectivity index (χ3n) is 2.68. The van der Waals surface area contributed by atoms with Gasteiger partial charge in [-0.2, -0.15) is 0 Å². The van der Waals surface area contributed by atoms with Crippen molar-refractivity contribution in [1.82, 2.24) is 0 Å². The molecule has 0 saturated heterocycles. The Kier molecular flexibility index (Phi) is 2.69. The van der Waals surface area contributed by atoms with Gasteiger partial charge in [-0.15, -0.1) is 0 Å². The Hall–Kier alpha value is -1.24. The molecule has 80 valence electrons. The zero-order valence-electron chi connectivity index (χ0n) is 8.85. The van der Waals surface area contributed by atoms with Crippen LogP contribution in [-0.2, 0) is 10.6 Å². The molecule has 0 aromatic heterocycles. The summed E-state index contributed by atoms with van der Waals surface area (Å²) < 4.78 is 5.99. The fourth-order valence-corrected chi connectivity index (χ4v) is 3.97. The number of hydrogen-bond donors (Lipinski definition) is 0. The van der Waals surface area contributed by atoms with Gasteiger partial charge in [0, 0.05) is 0 Å². The Morgan fingerprint density at radius 1 is 0.750 bits per heavy atom. The summed E-state index contributed by atoms with van der Waals surface area (Å²) in [7, 11) is 0. The van der Waals surface area contributed by atoms with Crippen molar-refractivity contribution in [3.63, 3.8) is 0 Å². The number of rotatable bonds is 0. The first-order valence-electron chi connectivity index (χ1n) is 5.35. The summed E-state index contributed by atoms with van der Waals surface area (Å²) in [6, 6.07) is 16.7. The van der Waals surface area contributed by atoms with Gasteiger partial charge in [0.1, 0.15) is 0 Å². The average molecular weight is 275 g/mol. The number of hydrogen-bond acceptors (Lipinski definition) is 1. The molecule has 0 spiro atoms. The zero-order chi connectivity index (χ0) is 10.8. The van der Waals surface area contributed by atoms with E-state index in [0.717, 1.165) is 22.1 Å². The van der Waals surface area contributed by atoms with Gasteiger partial charge in [-0.3, -0.25) is 0 Å². The minimum atomic E-state index is 0.635. The zero-order valence-corrected chi connectivity index (χ0v) is 10.6. The normalized spacial score (nSPS) is 14.0. The van der Waals surface area contributed by atoms with Crippen LogP contribution >= 0.6 is 0 Å². The Labute approximate surface area is 102 Å². The Balaban J connectivity index is 2.06. The van der Waals surface area contributed by atoms with Gasteiger partial charge >= 0.3 is 101 Å². The Morgan fingerprint density at radius 3 is 1.81 bits per heavy atom. The van der Waals surface area contributed by atoms with Crippen LogP contribution in [0.25, 0.3) is 0 Å². The van der Waals surface area contributed by atoms with Crippen molar-refractivity contribution in [2.45, 2.75) is 10.6 Å². The summed E-state index contributed by atoms with van der Waals surface area (Å²) in [4.78, 5) is 0. The van der Waals surface area contributed by atoms with E-state index in [1.807, 2.05) is 12.1 Å². The van der Waals surface area contributed by atoms with E-state index >= 15 is 0 Å². The number of benzene rings is 2. The van der Waals surface area contributed by atoms with Gasteiger partial charge in [0.05, 0.1) is 0 Å². The van der Waals surface area contributed by atoms with Crippen LogP contribution in [0.15, 0.2) is 48.5 Å². The molecule has 0 unspecified atom stereocenters. The van der Waals surface area contributed by atoms with E-state index in [2.05, 4.69) is 36.4 Å². The maximum atomic E-state index is 5.99. The monoisotopic (exact) mass is 276 g/mol. The molecule has 0 amide bonds. The van der Waals surface area contributed by atoms with E-state index in [1.54, 1.807) is 0 Å². The first kappa shape index (κ1) is 9.95.